The Morgan fingerprint density at radius 3 is 0.907 bits per heavy atom. The van der Waals surface area contributed by atoms with Crippen LogP contribution in [0.5, 0.6) is 0 Å². The third-order valence-electron chi connectivity index (χ3n) is 29.0. The fourth-order valence-corrected chi connectivity index (χ4v) is 22.3. The van der Waals surface area contributed by atoms with Crippen molar-refractivity contribution in [1.29, 1.82) is 0 Å². The molecule has 0 N–H and O–H groups in total. The van der Waals surface area contributed by atoms with Crippen LogP contribution in [0.2, 0.25) is 0 Å². The fourth-order valence-electron chi connectivity index (χ4n) is 22.3. The normalized spacial score (nSPS) is 11.7. The van der Waals surface area contributed by atoms with E-state index < -0.39 is 0 Å². The van der Waals surface area contributed by atoms with Crippen LogP contribution in [-0.4, -0.2) is 9.13 Å². The lowest BCUT2D eigenvalue weighted by Crippen LogP contribution is -2.11. The highest BCUT2D eigenvalue weighted by Crippen LogP contribution is 2.50. The molecule has 0 aliphatic heterocycles. The highest BCUT2D eigenvalue weighted by atomic mass is 15.2. The van der Waals surface area contributed by atoms with Crippen molar-refractivity contribution in [2.75, 3.05) is 9.80 Å². The van der Waals surface area contributed by atoms with Crippen molar-refractivity contribution < 1.29 is 0 Å². The summed E-state index contributed by atoms with van der Waals surface area (Å²) in [5.74, 6) is 0. The van der Waals surface area contributed by atoms with Crippen molar-refractivity contribution in [2.24, 2.45) is 0 Å². The highest BCUT2D eigenvalue weighted by molar-refractivity contribution is 6.20. The Bertz CT molecular complexity index is 9610. The minimum atomic E-state index is 1.06. The average Bonchev–Trinajstić information content (AvgIpc) is 1.64. The molecule has 0 fully saturated rings. The quantitative estimate of drug-likeness (QED) is 0.0845. The number of aromatic nitrogens is 2. The number of para-hydroxylation sites is 6. The van der Waals surface area contributed by atoms with Gasteiger partial charge in [0.05, 0.1) is 33.4 Å². The average molecular weight is 1780 g/mol. The zero-order chi connectivity index (χ0) is 92.2. The molecule has 0 unspecified atom stereocenters. The lowest BCUT2D eigenvalue weighted by atomic mass is 9.91. The maximum Gasteiger partial charge on any atom is 0.0547 e. The fraction of sp³-hybridized carbons (Fsp3) is 0. The molecule has 2 aromatic heterocycles. The van der Waals surface area contributed by atoms with Crippen molar-refractivity contribution in [3.8, 4) is 112 Å². The monoisotopic (exact) mass is 1780 g/mol. The third-order valence-corrected chi connectivity index (χ3v) is 29.0. The van der Waals surface area contributed by atoms with Crippen LogP contribution in [0, 0.1) is 0 Å². The summed E-state index contributed by atoms with van der Waals surface area (Å²) in [7, 11) is 0. The Morgan fingerprint density at radius 1 is 0.129 bits per heavy atom. The van der Waals surface area contributed by atoms with Crippen molar-refractivity contribution in [1.82, 2.24) is 9.13 Å². The first-order chi connectivity index (χ1) is 69.4. The molecule has 0 atom stereocenters. The molecule has 0 bridgehead atoms. The molecular formula is C136H88N4. The number of nitrogens with zero attached hydrogens (tertiary/aromatic N) is 4. The Kier molecular flexibility index (Phi) is 19.6. The summed E-state index contributed by atoms with van der Waals surface area (Å²) in [4.78, 5) is 4.87. The number of hydrogen-bond acceptors (Lipinski definition) is 2. The molecule has 25 aromatic carbocycles. The molecule has 0 amide bonds. The second-order valence-electron chi connectivity index (χ2n) is 37.0. The van der Waals surface area contributed by atoms with E-state index in [-0.39, 0.29) is 0 Å². The Labute approximate surface area is 811 Å². The SMILES string of the molecule is c1ccc(-n2c3ccccc3c3c(-c4cccc(-c5ccccc5N(c5ccc(-c6ccc7ccccc7c6)cc5)c5ccc(-c6ccc7c(ccc8ccc(-c9cccc%10c9ccc9cc(-c%11ccc(N(c%12ccc(-c%13ccc%14c(ccc%15ccccc%15%14)c%13)cc%12)c%12ccccc%12-c%12cccc(-c%13cccc%14c%13c%13ccccc%13n%14-c%13ccccc%13)c%12)cc%11)ccc9%10)cc87)c6)cc5)c4)cccc32)cc1. The van der Waals surface area contributed by atoms with Crippen molar-refractivity contribution >= 4 is 153 Å². The first kappa shape index (κ1) is 81.1. The number of rotatable bonds is 17. The van der Waals surface area contributed by atoms with Gasteiger partial charge in [-0.25, -0.2) is 0 Å². The molecule has 0 aliphatic carbocycles. The van der Waals surface area contributed by atoms with Gasteiger partial charge >= 0.3 is 0 Å². The van der Waals surface area contributed by atoms with Gasteiger partial charge in [0.1, 0.15) is 0 Å². The Morgan fingerprint density at radius 2 is 0.414 bits per heavy atom. The molecule has 0 saturated carbocycles. The van der Waals surface area contributed by atoms with Crippen molar-refractivity contribution in [3.63, 3.8) is 0 Å². The molecule has 0 saturated heterocycles. The standard InChI is InChI=1S/C136H88N4/c1-3-31-109(32-4-1)139-131-46-17-13-38-126(131)135-122(41-22-48-133(135)139)103-29-19-27-101(86-103)120-36-11-15-44-129(120)137(111-70-58-90(59-71-111)97-54-50-89-24-7-8-26-96(89)82-97)114-76-64-93(65-77-114)100-68-80-119-106(84-100)56-52-95-53-57-108(88-128(95)119)116-40-21-43-124-118-79-67-99(85-107(118)69-81-125(116)124)92-62-74-113(75-63-92)138(112-72-60-91(61-73-112)98-66-78-117-105(83-98)55-51-94-25-9-10-35-115(94)117)130-45-16-12-37-121(130)102-28-20-30-104(87-102)123-42-23-49-134-136(123)127-39-14-18-47-132(127)140(134)110-33-5-2-6-34-110/h1-88H. The summed E-state index contributed by atoms with van der Waals surface area (Å²) < 4.78 is 4.80. The lowest BCUT2D eigenvalue weighted by molar-refractivity contribution is 1.18. The van der Waals surface area contributed by atoms with Crippen LogP contribution in [0.3, 0.4) is 0 Å². The zero-order valence-electron chi connectivity index (χ0n) is 76.6. The first-order valence-electron chi connectivity index (χ1n) is 48.3. The van der Waals surface area contributed by atoms with E-state index in [1.165, 1.54) is 158 Å². The number of benzene rings is 25. The van der Waals surface area contributed by atoms with Gasteiger partial charge in [0.25, 0.3) is 0 Å². The molecule has 652 valence electrons. The highest BCUT2D eigenvalue weighted by Gasteiger charge is 2.26. The van der Waals surface area contributed by atoms with Crippen LogP contribution in [0.4, 0.5) is 34.1 Å². The second-order valence-corrected chi connectivity index (χ2v) is 37.0. The van der Waals surface area contributed by atoms with Crippen LogP contribution < -0.4 is 9.80 Å². The van der Waals surface area contributed by atoms with E-state index >= 15 is 0 Å². The molecule has 0 aliphatic rings. The molecule has 4 nitrogen and oxygen atoms in total. The molecule has 27 aromatic rings. The summed E-state index contributed by atoms with van der Waals surface area (Å²) in [6.45, 7) is 0. The Hall–Kier alpha value is -18.5. The molecule has 0 radical (unpaired) electrons. The van der Waals surface area contributed by atoms with Gasteiger partial charge < -0.3 is 18.9 Å². The lowest BCUT2D eigenvalue weighted by Gasteiger charge is -2.28. The molecule has 27 rings (SSSR count). The van der Waals surface area contributed by atoms with E-state index in [2.05, 4.69) is 553 Å². The first-order valence-corrected chi connectivity index (χ1v) is 48.3. The van der Waals surface area contributed by atoms with Crippen LogP contribution in [0.1, 0.15) is 0 Å². The molecule has 140 heavy (non-hydrogen) atoms. The number of anilines is 6. The van der Waals surface area contributed by atoms with Gasteiger partial charge in [0, 0.05) is 66.8 Å². The maximum absolute atomic E-state index is 2.44. The Balaban J connectivity index is 0.497. The molecule has 2 heterocycles. The third kappa shape index (κ3) is 14.1. The van der Waals surface area contributed by atoms with Crippen LogP contribution in [0.25, 0.3) is 231 Å². The maximum atomic E-state index is 2.44. The summed E-state index contributed by atoms with van der Waals surface area (Å²) in [6.07, 6.45) is 0. The zero-order valence-corrected chi connectivity index (χ0v) is 76.6. The van der Waals surface area contributed by atoms with Crippen LogP contribution in [-0.2, 0) is 0 Å². The van der Waals surface area contributed by atoms with Gasteiger partial charge in [-0.2, -0.15) is 0 Å². The van der Waals surface area contributed by atoms with E-state index in [1.807, 2.05) is 0 Å². The number of hydrogen-bond donors (Lipinski definition) is 0. The summed E-state index contributed by atoms with van der Waals surface area (Å²) >= 11 is 0. The minimum Gasteiger partial charge on any atom is -0.310 e. The molecule has 4 heteroatoms. The predicted molar refractivity (Wildman–Crippen MR) is 596 cm³/mol. The van der Waals surface area contributed by atoms with Crippen molar-refractivity contribution in [3.05, 3.63) is 534 Å². The van der Waals surface area contributed by atoms with Crippen LogP contribution in [0.15, 0.2) is 534 Å². The summed E-state index contributed by atoms with van der Waals surface area (Å²) in [6, 6.07) is 198. The van der Waals surface area contributed by atoms with Gasteiger partial charge in [0.15, 0.2) is 0 Å². The minimum absolute atomic E-state index is 1.06. The van der Waals surface area contributed by atoms with E-state index in [0.29, 0.717) is 0 Å². The molecular weight excluding hydrogens is 1690 g/mol. The van der Waals surface area contributed by atoms with Gasteiger partial charge in [0.2, 0.25) is 0 Å². The second kappa shape index (κ2) is 33.9. The largest absolute Gasteiger partial charge is 0.310 e. The van der Waals surface area contributed by atoms with Gasteiger partial charge in [-0.15, -0.1) is 0 Å². The summed E-state index contributed by atoms with van der Waals surface area (Å²) in [5, 5.41) is 22.1. The summed E-state index contributed by atoms with van der Waals surface area (Å²) in [5.41, 5.74) is 34.4. The predicted octanol–water partition coefficient (Wildman–Crippen LogP) is 37.9. The van der Waals surface area contributed by atoms with E-state index in [9.17, 15) is 0 Å². The van der Waals surface area contributed by atoms with E-state index in [4.69, 9.17) is 0 Å². The smallest absolute Gasteiger partial charge is 0.0547 e. The van der Waals surface area contributed by atoms with E-state index in [0.717, 1.165) is 107 Å². The van der Waals surface area contributed by atoms with E-state index in [1.54, 1.807) is 0 Å². The van der Waals surface area contributed by atoms with Gasteiger partial charge in [-0.1, -0.05) is 382 Å². The molecule has 0 spiro atoms. The van der Waals surface area contributed by atoms with Gasteiger partial charge in [-0.3, -0.25) is 0 Å². The number of fused-ring (bicyclic) bond motifs is 16. The van der Waals surface area contributed by atoms with Crippen molar-refractivity contribution in [2.45, 2.75) is 0 Å². The van der Waals surface area contributed by atoms with Gasteiger partial charge in [-0.05, 0) is 316 Å². The van der Waals surface area contributed by atoms with Crippen LogP contribution >= 0.6 is 0 Å². The topological polar surface area (TPSA) is 16.3 Å².